The predicted molar refractivity (Wildman–Crippen MR) is 156 cm³/mol. The summed E-state index contributed by atoms with van der Waals surface area (Å²) >= 11 is 6.11. The largest absolute Gasteiger partial charge is 0.497 e. The van der Waals surface area contributed by atoms with E-state index in [9.17, 15) is 21.6 Å². The van der Waals surface area contributed by atoms with Gasteiger partial charge in [0.25, 0.3) is 20.0 Å². The zero-order chi connectivity index (χ0) is 28.9. The first kappa shape index (κ1) is 28.9. The summed E-state index contributed by atoms with van der Waals surface area (Å²) in [4.78, 5) is 13.0. The van der Waals surface area contributed by atoms with Crippen molar-refractivity contribution in [1.29, 1.82) is 0 Å². The summed E-state index contributed by atoms with van der Waals surface area (Å²) in [6, 6.07) is 24.4. The van der Waals surface area contributed by atoms with E-state index in [1.807, 2.05) is 6.92 Å². The first-order chi connectivity index (χ1) is 19.0. The number of methoxy groups -OCH3 is 1. The first-order valence-electron chi connectivity index (χ1n) is 11.9. The second-order valence-corrected chi connectivity index (χ2v) is 12.7. The minimum atomic E-state index is -4.12. The van der Waals surface area contributed by atoms with Crippen molar-refractivity contribution in [2.24, 2.45) is 0 Å². The average molecular weight is 600 g/mol. The van der Waals surface area contributed by atoms with Gasteiger partial charge in [-0.1, -0.05) is 35.4 Å². The van der Waals surface area contributed by atoms with Crippen molar-refractivity contribution in [2.45, 2.75) is 16.7 Å². The van der Waals surface area contributed by atoms with Gasteiger partial charge in [0.2, 0.25) is 5.91 Å². The molecule has 0 radical (unpaired) electrons. The van der Waals surface area contributed by atoms with Crippen LogP contribution >= 0.6 is 11.6 Å². The molecular weight excluding hydrogens is 574 g/mol. The lowest BCUT2D eigenvalue weighted by molar-refractivity contribution is -0.114. The van der Waals surface area contributed by atoms with Crippen LogP contribution in [0.25, 0.3) is 0 Å². The highest BCUT2D eigenvalue weighted by Crippen LogP contribution is 2.27. The second-order valence-electron chi connectivity index (χ2n) is 8.71. The number of carbonyl (C=O) groups is 1. The Bertz CT molecular complexity index is 1710. The molecule has 0 atom stereocenters. The van der Waals surface area contributed by atoms with Gasteiger partial charge in [-0.3, -0.25) is 13.8 Å². The molecule has 0 aliphatic heterocycles. The molecule has 0 spiro atoms. The second kappa shape index (κ2) is 12.0. The molecule has 12 heteroatoms. The van der Waals surface area contributed by atoms with E-state index in [2.05, 4.69) is 10.0 Å². The van der Waals surface area contributed by atoms with Crippen molar-refractivity contribution in [3.63, 3.8) is 0 Å². The number of amides is 1. The van der Waals surface area contributed by atoms with Crippen LogP contribution < -0.4 is 19.1 Å². The van der Waals surface area contributed by atoms with Crippen LogP contribution in [0.3, 0.4) is 0 Å². The third-order valence-corrected chi connectivity index (χ3v) is 9.20. The molecule has 0 saturated carbocycles. The number of halogens is 1. The van der Waals surface area contributed by atoms with E-state index in [0.29, 0.717) is 16.5 Å². The Kier molecular flexibility index (Phi) is 8.67. The van der Waals surface area contributed by atoms with Crippen molar-refractivity contribution in [1.82, 2.24) is 0 Å². The molecule has 0 fully saturated rings. The molecule has 1 amide bonds. The molecule has 0 aliphatic rings. The molecule has 2 N–H and O–H groups in total. The topological polar surface area (TPSA) is 122 Å². The highest BCUT2D eigenvalue weighted by Gasteiger charge is 2.27. The lowest BCUT2D eigenvalue weighted by Gasteiger charge is -2.24. The maximum absolute atomic E-state index is 13.5. The van der Waals surface area contributed by atoms with E-state index in [1.165, 1.54) is 49.6 Å². The lowest BCUT2D eigenvalue weighted by atomic mass is 10.2. The van der Waals surface area contributed by atoms with E-state index in [4.69, 9.17) is 16.3 Å². The van der Waals surface area contributed by atoms with Gasteiger partial charge in [0.05, 0.1) is 22.6 Å². The molecular formula is C28H26ClN3O6S2. The summed E-state index contributed by atoms with van der Waals surface area (Å²) < 4.78 is 61.1. The van der Waals surface area contributed by atoms with Gasteiger partial charge in [-0.25, -0.2) is 16.8 Å². The predicted octanol–water partition coefficient (Wildman–Crippen LogP) is 5.29. The van der Waals surface area contributed by atoms with Crippen LogP contribution in [-0.2, 0) is 24.8 Å². The van der Waals surface area contributed by atoms with Gasteiger partial charge in [0.1, 0.15) is 12.3 Å². The summed E-state index contributed by atoms with van der Waals surface area (Å²) in [7, 11) is -6.50. The van der Waals surface area contributed by atoms with Crippen molar-refractivity contribution < 1.29 is 26.4 Å². The van der Waals surface area contributed by atoms with E-state index < -0.39 is 32.5 Å². The van der Waals surface area contributed by atoms with E-state index in [0.717, 1.165) is 9.87 Å². The number of benzene rings is 4. The van der Waals surface area contributed by atoms with Gasteiger partial charge in [-0.15, -0.1) is 0 Å². The van der Waals surface area contributed by atoms with Gasteiger partial charge in [0, 0.05) is 16.4 Å². The standard InChI is InChI=1S/C28H26ClN3O6S2/c1-20-6-14-27(15-7-20)40(36,37)32(24-5-3-4-21(29)18-24)19-28(33)30-22-10-16-26(17-11-22)39(34,35)31-23-8-12-25(38-2)13-9-23/h3-18,31H,19H2,1-2H3,(H,30,33). The number of sulfonamides is 2. The van der Waals surface area contributed by atoms with Gasteiger partial charge in [-0.05, 0) is 85.8 Å². The Balaban J connectivity index is 1.51. The number of ether oxygens (including phenoxy) is 1. The van der Waals surface area contributed by atoms with Crippen LogP contribution in [0.15, 0.2) is 107 Å². The van der Waals surface area contributed by atoms with Gasteiger partial charge in [-0.2, -0.15) is 0 Å². The van der Waals surface area contributed by atoms with Crippen LogP contribution in [0.1, 0.15) is 5.56 Å². The summed E-state index contributed by atoms with van der Waals surface area (Å²) in [5, 5.41) is 2.93. The minimum Gasteiger partial charge on any atom is -0.497 e. The zero-order valence-corrected chi connectivity index (χ0v) is 23.9. The number of aryl methyl sites for hydroxylation is 1. The number of anilines is 3. The molecule has 0 aromatic heterocycles. The van der Waals surface area contributed by atoms with E-state index in [-0.39, 0.29) is 21.2 Å². The number of carbonyl (C=O) groups excluding carboxylic acids is 1. The Labute approximate surface area is 238 Å². The molecule has 4 aromatic carbocycles. The molecule has 0 saturated heterocycles. The Morgan fingerprint density at radius 3 is 2.02 bits per heavy atom. The van der Waals surface area contributed by atoms with Gasteiger partial charge < -0.3 is 10.1 Å². The van der Waals surface area contributed by atoms with E-state index in [1.54, 1.807) is 54.6 Å². The number of hydrogen-bond donors (Lipinski definition) is 2. The summed E-state index contributed by atoms with van der Waals surface area (Å²) in [5.41, 5.74) is 1.74. The average Bonchev–Trinajstić information content (AvgIpc) is 2.92. The van der Waals surface area contributed by atoms with Crippen molar-refractivity contribution in [3.8, 4) is 5.75 Å². The normalized spacial score (nSPS) is 11.5. The highest BCUT2D eigenvalue weighted by atomic mass is 35.5. The number of nitrogens with one attached hydrogen (secondary N) is 2. The Morgan fingerprint density at radius 2 is 1.43 bits per heavy atom. The van der Waals surface area contributed by atoms with Crippen LogP contribution in [-0.4, -0.2) is 36.4 Å². The summed E-state index contributed by atoms with van der Waals surface area (Å²) in [5.74, 6) is -0.0498. The molecule has 0 unspecified atom stereocenters. The van der Waals surface area contributed by atoms with Gasteiger partial charge >= 0.3 is 0 Å². The lowest BCUT2D eigenvalue weighted by Crippen LogP contribution is -2.38. The monoisotopic (exact) mass is 599 g/mol. The SMILES string of the molecule is COc1ccc(NS(=O)(=O)c2ccc(NC(=O)CN(c3cccc(Cl)c3)S(=O)(=O)c3ccc(C)cc3)cc2)cc1. The van der Waals surface area contributed by atoms with Crippen molar-refractivity contribution >= 4 is 54.6 Å². The Hall–Kier alpha value is -4.06. The molecule has 208 valence electrons. The van der Waals surface area contributed by atoms with Gasteiger partial charge in [0.15, 0.2) is 0 Å². The van der Waals surface area contributed by atoms with Crippen LogP contribution in [0.2, 0.25) is 5.02 Å². The fourth-order valence-electron chi connectivity index (χ4n) is 3.71. The van der Waals surface area contributed by atoms with Crippen LogP contribution in [0, 0.1) is 6.92 Å². The fourth-order valence-corrected chi connectivity index (χ4v) is 6.36. The smallest absolute Gasteiger partial charge is 0.264 e. The number of nitrogens with zero attached hydrogens (tertiary/aromatic N) is 1. The molecule has 40 heavy (non-hydrogen) atoms. The highest BCUT2D eigenvalue weighted by molar-refractivity contribution is 7.93. The molecule has 4 rings (SSSR count). The zero-order valence-electron chi connectivity index (χ0n) is 21.5. The molecule has 9 nitrogen and oxygen atoms in total. The Morgan fingerprint density at radius 1 is 0.825 bits per heavy atom. The third-order valence-electron chi connectivity index (χ3n) is 5.78. The minimum absolute atomic E-state index is 0.0183. The quantitative estimate of drug-likeness (QED) is 0.255. The van der Waals surface area contributed by atoms with Crippen LogP contribution in [0.5, 0.6) is 5.75 Å². The van der Waals surface area contributed by atoms with E-state index >= 15 is 0 Å². The first-order valence-corrected chi connectivity index (χ1v) is 15.2. The fraction of sp³-hybridized carbons (Fsp3) is 0.107. The molecule has 4 aromatic rings. The molecule has 0 heterocycles. The maximum Gasteiger partial charge on any atom is 0.264 e. The molecule has 0 aliphatic carbocycles. The number of hydrogen-bond acceptors (Lipinski definition) is 6. The molecule has 0 bridgehead atoms. The summed E-state index contributed by atoms with van der Waals surface area (Å²) in [6.45, 7) is 1.29. The summed E-state index contributed by atoms with van der Waals surface area (Å²) in [6.07, 6.45) is 0. The van der Waals surface area contributed by atoms with Crippen molar-refractivity contribution in [3.05, 3.63) is 108 Å². The van der Waals surface area contributed by atoms with Crippen molar-refractivity contribution in [2.75, 3.05) is 28.0 Å². The maximum atomic E-state index is 13.5. The number of rotatable bonds is 10. The third kappa shape index (κ3) is 6.92. The van der Waals surface area contributed by atoms with Crippen LogP contribution in [0.4, 0.5) is 17.1 Å².